The highest BCUT2D eigenvalue weighted by Gasteiger charge is 2.16. The molecule has 2 aromatic heterocycles. The molecular weight excluding hydrogens is 318 g/mol. The summed E-state index contributed by atoms with van der Waals surface area (Å²) in [5, 5.41) is 7.56. The molecule has 1 aromatic carbocycles. The molecule has 7 nitrogen and oxygen atoms in total. The van der Waals surface area contributed by atoms with E-state index in [1.807, 2.05) is 18.2 Å². The first-order valence-electron chi connectivity index (χ1n) is 8.45. The van der Waals surface area contributed by atoms with Gasteiger partial charge in [-0.2, -0.15) is 0 Å². The van der Waals surface area contributed by atoms with Crippen LogP contribution in [-0.4, -0.2) is 34.1 Å². The smallest absolute Gasteiger partial charge is 0.277 e. The van der Waals surface area contributed by atoms with E-state index < -0.39 is 0 Å². The van der Waals surface area contributed by atoms with Gasteiger partial charge in [0.05, 0.1) is 5.52 Å². The van der Waals surface area contributed by atoms with Gasteiger partial charge in [0.15, 0.2) is 5.69 Å². The number of carbonyl (C=O) groups is 1. The van der Waals surface area contributed by atoms with Crippen LogP contribution in [0.2, 0.25) is 0 Å². The number of nitrogens with zero attached hydrogens (tertiary/aromatic N) is 4. The molecule has 0 spiro atoms. The second kappa shape index (κ2) is 6.51. The van der Waals surface area contributed by atoms with E-state index in [2.05, 4.69) is 25.3 Å². The summed E-state index contributed by atoms with van der Waals surface area (Å²) in [6, 6.07) is 7.29. The van der Waals surface area contributed by atoms with E-state index in [1.54, 1.807) is 19.3 Å². The molecule has 1 aliphatic heterocycles. The van der Waals surface area contributed by atoms with Crippen molar-refractivity contribution in [3.05, 3.63) is 42.0 Å². The molecule has 0 atom stereocenters. The predicted octanol–water partition coefficient (Wildman–Crippen LogP) is 3.17. The van der Waals surface area contributed by atoms with Gasteiger partial charge in [-0.3, -0.25) is 4.79 Å². The Morgan fingerprint density at radius 2 is 2.00 bits per heavy atom. The SMILES string of the molecule is Cc1cc(C(=O)Nc2ccc3c(N4CCCCC4)ncnc3c2)no1. The standard InChI is InChI=1S/C18H19N5O2/c1-12-9-16(22-25-12)18(24)21-13-5-6-14-15(10-13)19-11-20-17(14)23-7-3-2-4-8-23/h5-6,9-11H,2-4,7-8H2,1H3,(H,21,24). The molecule has 0 bridgehead atoms. The minimum Gasteiger partial charge on any atom is -0.361 e. The van der Waals surface area contributed by atoms with Gasteiger partial charge < -0.3 is 14.7 Å². The zero-order valence-electron chi connectivity index (χ0n) is 14.0. The molecule has 1 amide bonds. The van der Waals surface area contributed by atoms with Crippen LogP contribution < -0.4 is 10.2 Å². The lowest BCUT2D eigenvalue weighted by atomic mass is 10.1. The van der Waals surface area contributed by atoms with E-state index in [0.29, 0.717) is 11.4 Å². The first-order chi connectivity index (χ1) is 12.2. The van der Waals surface area contributed by atoms with Crippen molar-refractivity contribution in [2.24, 2.45) is 0 Å². The van der Waals surface area contributed by atoms with Crippen LogP contribution in [0.5, 0.6) is 0 Å². The number of aryl methyl sites for hydroxylation is 1. The van der Waals surface area contributed by atoms with E-state index in [0.717, 1.165) is 29.8 Å². The van der Waals surface area contributed by atoms with E-state index in [4.69, 9.17) is 4.52 Å². The van der Waals surface area contributed by atoms with Gasteiger partial charge in [-0.1, -0.05) is 5.16 Å². The fourth-order valence-electron chi connectivity index (χ4n) is 3.15. The van der Waals surface area contributed by atoms with Gasteiger partial charge in [0, 0.05) is 30.2 Å². The van der Waals surface area contributed by atoms with Crippen LogP contribution in [0.4, 0.5) is 11.5 Å². The summed E-state index contributed by atoms with van der Waals surface area (Å²) in [4.78, 5) is 23.3. The lowest BCUT2D eigenvalue weighted by molar-refractivity contribution is 0.101. The lowest BCUT2D eigenvalue weighted by Gasteiger charge is -2.28. The molecule has 128 valence electrons. The molecule has 4 rings (SSSR count). The Morgan fingerprint density at radius 3 is 2.76 bits per heavy atom. The van der Waals surface area contributed by atoms with E-state index in [1.165, 1.54) is 19.3 Å². The molecule has 7 heteroatoms. The predicted molar refractivity (Wildman–Crippen MR) is 94.8 cm³/mol. The second-order valence-electron chi connectivity index (χ2n) is 6.25. The summed E-state index contributed by atoms with van der Waals surface area (Å²) in [5.41, 5.74) is 1.74. The molecule has 1 N–H and O–H groups in total. The Kier molecular flexibility index (Phi) is 4.05. The third-order valence-corrected chi connectivity index (χ3v) is 4.39. The molecule has 3 aromatic rings. The van der Waals surface area contributed by atoms with Crippen LogP contribution in [0.3, 0.4) is 0 Å². The number of hydrogen-bond donors (Lipinski definition) is 1. The molecule has 0 aliphatic carbocycles. The maximum absolute atomic E-state index is 12.2. The van der Waals surface area contributed by atoms with Gasteiger partial charge in [0.2, 0.25) is 0 Å². The molecular formula is C18H19N5O2. The van der Waals surface area contributed by atoms with Crippen molar-refractivity contribution in [3.8, 4) is 0 Å². The van der Waals surface area contributed by atoms with Crippen LogP contribution in [0.15, 0.2) is 35.1 Å². The molecule has 1 aliphatic rings. The minimum atomic E-state index is -0.304. The highest BCUT2D eigenvalue weighted by atomic mass is 16.5. The van der Waals surface area contributed by atoms with Crippen molar-refractivity contribution < 1.29 is 9.32 Å². The summed E-state index contributed by atoms with van der Waals surface area (Å²) in [6.45, 7) is 3.80. The number of benzene rings is 1. The third-order valence-electron chi connectivity index (χ3n) is 4.39. The largest absolute Gasteiger partial charge is 0.361 e. The molecule has 0 unspecified atom stereocenters. The fourth-order valence-corrected chi connectivity index (χ4v) is 3.15. The van der Waals surface area contributed by atoms with Gasteiger partial charge >= 0.3 is 0 Å². The maximum atomic E-state index is 12.2. The number of rotatable bonds is 3. The number of amides is 1. The van der Waals surface area contributed by atoms with Crippen molar-refractivity contribution in [3.63, 3.8) is 0 Å². The number of nitrogens with one attached hydrogen (secondary N) is 1. The van der Waals surface area contributed by atoms with Gasteiger partial charge in [0.1, 0.15) is 17.9 Å². The Bertz CT molecular complexity index is 915. The van der Waals surface area contributed by atoms with Crippen LogP contribution >= 0.6 is 0 Å². The van der Waals surface area contributed by atoms with E-state index >= 15 is 0 Å². The van der Waals surface area contributed by atoms with Crippen LogP contribution in [-0.2, 0) is 0 Å². The molecule has 3 heterocycles. The van der Waals surface area contributed by atoms with Crippen molar-refractivity contribution in [1.82, 2.24) is 15.1 Å². The molecule has 0 saturated carbocycles. The zero-order chi connectivity index (χ0) is 17.2. The summed E-state index contributed by atoms with van der Waals surface area (Å²) >= 11 is 0. The number of carbonyl (C=O) groups excluding carboxylic acids is 1. The maximum Gasteiger partial charge on any atom is 0.277 e. The normalized spacial score (nSPS) is 14.7. The van der Waals surface area contributed by atoms with E-state index in [-0.39, 0.29) is 11.6 Å². The average Bonchev–Trinajstić information content (AvgIpc) is 3.08. The monoisotopic (exact) mass is 337 g/mol. The number of fused-ring (bicyclic) bond motifs is 1. The Balaban J connectivity index is 1.61. The number of hydrogen-bond acceptors (Lipinski definition) is 6. The molecule has 1 saturated heterocycles. The molecule has 0 radical (unpaired) electrons. The first kappa shape index (κ1) is 15.6. The summed E-state index contributed by atoms with van der Waals surface area (Å²) < 4.78 is 4.94. The minimum absolute atomic E-state index is 0.259. The van der Waals surface area contributed by atoms with Gasteiger partial charge in [-0.25, -0.2) is 9.97 Å². The quantitative estimate of drug-likeness (QED) is 0.790. The average molecular weight is 337 g/mol. The van der Waals surface area contributed by atoms with Crippen LogP contribution in [0.25, 0.3) is 10.9 Å². The Labute approximate surface area is 145 Å². The molecule has 1 fully saturated rings. The number of piperidine rings is 1. The summed E-state index contributed by atoms with van der Waals surface area (Å²) in [5.74, 6) is 1.26. The highest BCUT2D eigenvalue weighted by Crippen LogP contribution is 2.27. The first-order valence-corrected chi connectivity index (χ1v) is 8.45. The van der Waals surface area contributed by atoms with Crippen molar-refractivity contribution in [2.75, 3.05) is 23.3 Å². The lowest BCUT2D eigenvalue weighted by Crippen LogP contribution is -2.30. The Hall–Kier alpha value is -2.96. The molecule has 25 heavy (non-hydrogen) atoms. The van der Waals surface area contributed by atoms with E-state index in [9.17, 15) is 4.79 Å². The van der Waals surface area contributed by atoms with Crippen molar-refractivity contribution in [2.45, 2.75) is 26.2 Å². The highest BCUT2D eigenvalue weighted by molar-refractivity contribution is 6.04. The summed E-state index contributed by atoms with van der Waals surface area (Å²) in [6.07, 6.45) is 5.24. The van der Waals surface area contributed by atoms with Gasteiger partial charge in [-0.05, 0) is 44.4 Å². The van der Waals surface area contributed by atoms with Gasteiger partial charge in [-0.15, -0.1) is 0 Å². The van der Waals surface area contributed by atoms with Crippen molar-refractivity contribution in [1.29, 1.82) is 0 Å². The number of aromatic nitrogens is 3. The third kappa shape index (κ3) is 3.17. The van der Waals surface area contributed by atoms with Crippen LogP contribution in [0.1, 0.15) is 35.5 Å². The zero-order valence-corrected chi connectivity index (χ0v) is 14.0. The van der Waals surface area contributed by atoms with Crippen molar-refractivity contribution >= 4 is 28.3 Å². The Morgan fingerprint density at radius 1 is 1.16 bits per heavy atom. The topological polar surface area (TPSA) is 84.2 Å². The number of anilines is 2. The summed E-state index contributed by atoms with van der Waals surface area (Å²) in [7, 11) is 0. The fraction of sp³-hybridized carbons (Fsp3) is 0.333. The van der Waals surface area contributed by atoms with Crippen LogP contribution in [0, 0.1) is 6.92 Å². The van der Waals surface area contributed by atoms with Gasteiger partial charge in [0.25, 0.3) is 5.91 Å². The second-order valence-corrected chi connectivity index (χ2v) is 6.25.